The summed E-state index contributed by atoms with van der Waals surface area (Å²) in [5.74, 6) is 0.619. The van der Waals surface area contributed by atoms with Crippen LogP contribution in [-0.2, 0) is 14.4 Å². The molecular weight excluding hydrogens is 338 g/mol. The number of hydrogen-bond acceptors (Lipinski definition) is 6. The molecule has 0 amide bonds. The Morgan fingerprint density at radius 3 is 2.52 bits per heavy atom. The van der Waals surface area contributed by atoms with Gasteiger partial charge in [-0.1, -0.05) is 17.3 Å². The Morgan fingerprint density at radius 2 is 1.84 bits per heavy atom. The van der Waals surface area contributed by atoms with Crippen molar-refractivity contribution in [1.82, 2.24) is 0 Å². The van der Waals surface area contributed by atoms with E-state index in [4.69, 9.17) is 14.3 Å². The van der Waals surface area contributed by atoms with Crippen LogP contribution in [0.25, 0.3) is 10.8 Å². The SMILES string of the molecule is CON=C(C)C(CCC(=O)OC)Sc1ccc2cc(OC)ccc2c1. The maximum Gasteiger partial charge on any atom is 0.305 e. The molecule has 0 N–H and O–H groups in total. The summed E-state index contributed by atoms with van der Waals surface area (Å²) in [6.45, 7) is 1.91. The molecular formula is C19H23NO4S. The fourth-order valence-corrected chi connectivity index (χ4v) is 3.59. The molecule has 0 heterocycles. The molecule has 2 rings (SSSR count). The maximum absolute atomic E-state index is 11.5. The van der Waals surface area contributed by atoms with Gasteiger partial charge in [0.25, 0.3) is 0 Å². The van der Waals surface area contributed by atoms with Crippen molar-refractivity contribution in [3.8, 4) is 5.75 Å². The number of carbonyl (C=O) groups excluding carboxylic acids is 1. The van der Waals surface area contributed by atoms with E-state index in [0.717, 1.165) is 27.1 Å². The largest absolute Gasteiger partial charge is 0.497 e. The average molecular weight is 361 g/mol. The molecule has 0 aliphatic rings. The van der Waals surface area contributed by atoms with E-state index in [1.165, 1.54) is 14.2 Å². The molecule has 6 heteroatoms. The van der Waals surface area contributed by atoms with Crippen LogP contribution in [-0.4, -0.2) is 38.3 Å². The Balaban J connectivity index is 2.20. The van der Waals surface area contributed by atoms with Gasteiger partial charge in [0, 0.05) is 11.3 Å². The minimum absolute atomic E-state index is 0.0368. The third-order valence-corrected chi connectivity index (χ3v) is 5.22. The predicted octanol–water partition coefficient (Wildman–Crippen LogP) is 4.28. The van der Waals surface area contributed by atoms with E-state index >= 15 is 0 Å². The van der Waals surface area contributed by atoms with Gasteiger partial charge < -0.3 is 14.3 Å². The van der Waals surface area contributed by atoms with E-state index in [1.54, 1.807) is 18.9 Å². The summed E-state index contributed by atoms with van der Waals surface area (Å²) in [4.78, 5) is 17.5. The highest BCUT2D eigenvalue weighted by atomic mass is 32.2. The van der Waals surface area contributed by atoms with Crippen LogP contribution < -0.4 is 4.74 Å². The van der Waals surface area contributed by atoms with Gasteiger partial charge in [0.05, 0.1) is 25.2 Å². The Bertz CT molecular complexity index is 760. The first-order valence-electron chi connectivity index (χ1n) is 7.96. The molecule has 0 aliphatic heterocycles. The molecule has 0 saturated carbocycles. The van der Waals surface area contributed by atoms with Gasteiger partial charge in [0.1, 0.15) is 12.9 Å². The van der Waals surface area contributed by atoms with Crippen molar-refractivity contribution in [2.24, 2.45) is 5.16 Å². The maximum atomic E-state index is 11.5. The minimum atomic E-state index is -0.221. The summed E-state index contributed by atoms with van der Waals surface area (Å²) in [6.07, 6.45) is 0.978. The third-order valence-electron chi connectivity index (χ3n) is 3.84. The van der Waals surface area contributed by atoms with Gasteiger partial charge in [0.2, 0.25) is 0 Å². The molecule has 0 fully saturated rings. The third kappa shape index (κ3) is 5.39. The number of ether oxygens (including phenoxy) is 2. The molecule has 134 valence electrons. The van der Waals surface area contributed by atoms with Gasteiger partial charge in [-0.25, -0.2) is 0 Å². The van der Waals surface area contributed by atoms with E-state index < -0.39 is 0 Å². The van der Waals surface area contributed by atoms with E-state index in [1.807, 2.05) is 25.1 Å². The quantitative estimate of drug-likeness (QED) is 0.304. The first-order chi connectivity index (χ1) is 12.1. The van der Waals surface area contributed by atoms with Crippen molar-refractivity contribution >= 4 is 34.2 Å². The summed E-state index contributed by atoms with van der Waals surface area (Å²) in [6, 6.07) is 12.3. The average Bonchev–Trinajstić information content (AvgIpc) is 2.64. The second-order valence-electron chi connectivity index (χ2n) is 5.51. The zero-order valence-corrected chi connectivity index (χ0v) is 15.8. The van der Waals surface area contributed by atoms with E-state index in [0.29, 0.717) is 12.8 Å². The fourth-order valence-electron chi connectivity index (χ4n) is 2.47. The van der Waals surface area contributed by atoms with Crippen LogP contribution in [0, 0.1) is 0 Å². The van der Waals surface area contributed by atoms with Crippen molar-refractivity contribution in [3.05, 3.63) is 36.4 Å². The molecule has 2 aromatic rings. The van der Waals surface area contributed by atoms with Crippen LogP contribution in [0.15, 0.2) is 46.4 Å². The highest BCUT2D eigenvalue weighted by molar-refractivity contribution is 8.00. The number of benzene rings is 2. The standard InChI is InChI=1S/C19H23NO4S/c1-13(20-24-4)18(9-10-19(21)23-3)25-17-8-6-14-11-16(22-2)7-5-15(14)12-17/h5-8,11-12,18H,9-10H2,1-4H3. The van der Waals surface area contributed by atoms with Crippen LogP contribution in [0.2, 0.25) is 0 Å². The fraction of sp³-hybridized carbons (Fsp3) is 0.368. The number of carbonyl (C=O) groups is 1. The number of hydrogen-bond donors (Lipinski definition) is 0. The zero-order valence-electron chi connectivity index (χ0n) is 14.9. The summed E-state index contributed by atoms with van der Waals surface area (Å²) >= 11 is 1.66. The number of fused-ring (bicyclic) bond motifs is 1. The van der Waals surface area contributed by atoms with Gasteiger partial charge in [-0.15, -0.1) is 11.8 Å². The van der Waals surface area contributed by atoms with E-state index in [9.17, 15) is 4.79 Å². The lowest BCUT2D eigenvalue weighted by molar-refractivity contribution is -0.140. The summed E-state index contributed by atoms with van der Waals surface area (Å²) in [5, 5.41) is 6.33. The lowest BCUT2D eigenvalue weighted by Gasteiger charge is -2.16. The van der Waals surface area contributed by atoms with Crippen LogP contribution in [0.3, 0.4) is 0 Å². The summed E-state index contributed by atoms with van der Waals surface area (Å²) < 4.78 is 10.0. The molecule has 0 radical (unpaired) electrons. The van der Waals surface area contributed by atoms with Crippen LogP contribution in [0.5, 0.6) is 5.75 Å². The summed E-state index contributed by atoms with van der Waals surface area (Å²) in [7, 11) is 4.59. The van der Waals surface area contributed by atoms with Crippen LogP contribution >= 0.6 is 11.8 Å². The highest BCUT2D eigenvalue weighted by Crippen LogP contribution is 2.31. The molecule has 0 spiro atoms. The molecule has 0 aromatic heterocycles. The molecule has 2 aromatic carbocycles. The molecule has 0 bridgehead atoms. The van der Waals surface area contributed by atoms with Gasteiger partial charge in [-0.05, 0) is 48.4 Å². The van der Waals surface area contributed by atoms with Crippen LogP contribution in [0.4, 0.5) is 0 Å². The Kier molecular flexibility index (Phi) is 7.13. The van der Waals surface area contributed by atoms with Gasteiger partial charge in [-0.2, -0.15) is 0 Å². The first-order valence-corrected chi connectivity index (χ1v) is 8.84. The molecule has 25 heavy (non-hydrogen) atoms. The highest BCUT2D eigenvalue weighted by Gasteiger charge is 2.17. The zero-order chi connectivity index (χ0) is 18.2. The Labute approximate surface area is 152 Å². The van der Waals surface area contributed by atoms with Crippen molar-refractivity contribution in [1.29, 1.82) is 0 Å². The molecule has 1 atom stereocenters. The van der Waals surface area contributed by atoms with E-state index in [-0.39, 0.29) is 11.2 Å². The monoisotopic (exact) mass is 361 g/mol. The number of oxime groups is 1. The van der Waals surface area contributed by atoms with Crippen molar-refractivity contribution < 1.29 is 19.1 Å². The smallest absolute Gasteiger partial charge is 0.305 e. The molecule has 1 unspecified atom stereocenters. The predicted molar refractivity (Wildman–Crippen MR) is 102 cm³/mol. The van der Waals surface area contributed by atoms with Crippen molar-refractivity contribution in [3.63, 3.8) is 0 Å². The number of thioether (sulfide) groups is 1. The Hall–Kier alpha value is -2.21. The van der Waals surface area contributed by atoms with Gasteiger partial charge >= 0.3 is 5.97 Å². The van der Waals surface area contributed by atoms with E-state index in [2.05, 4.69) is 23.4 Å². The molecule has 0 saturated heterocycles. The van der Waals surface area contributed by atoms with Gasteiger partial charge in [0.15, 0.2) is 0 Å². The second kappa shape index (κ2) is 9.32. The van der Waals surface area contributed by atoms with Gasteiger partial charge in [-0.3, -0.25) is 4.79 Å². The van der Waals surface area contributed by atoms with Crippen LogP contribution in [0.1, 0.15) is 19.8 Å². The van der Waals surface area contributed by atoms with Crippen molar-refractivity contribution in [2.75, 3.05) is 21.3 Å². The Morgan fingerprint density at radius 1 is 1.12 bits per heavy atom. The normalized spacial score (nSPS) is 12.7. The molecule has 0 aliphatic carbocycles. The lowest BCUT2D eigenvalue weighted by atomic mass is 10.1. The number of rotatable bonds is 8. The summed E-state index contributed by atoms with van der Waals surface area (Å²) in [5.41, 5.74) is 0.839. The first kappa shape index (κ1) is 19.1. The second-order valence-corrected chi connectivity index (χ2v) is 6.79. The lowest BCUT2D eigenvalue weighted by Crippen LogP contribution is -2.16. The minimum Gasteiger partial charge on any atom is -0.497 e. The number of esters is 1. The molecule has 5 nitrogen and oxygen atoms in total. The number of nitrogens with zero attached hydrogens (tertiary/aromatic N) is 1. The number of methoxy groups -OCH3 is 2. The topological polar surface area (TPSA) is 57.1 Å². The van der Waals surface area contributed by atoms with Crippen molar-refractivity contribution in [2.45, 2.75) is 29.9 Å².